The average Bonchev–Trinajstić information content (AvgIpc) is 2.56. The first-order valence-corrected chi connectivity index (χ1v) is 8.28. The van der Waals surface area contributed by atoms with Crippen LogP contribution in [0.25, 0.3) is 0 Å². The summed E-state index contributed by atoms with van der Waals surface area (Å²) in [5.74, 6) is -1.22. The maximum Gasteiger partial charge on any atom is 0.339 e. The molecule has 1 aromatic rings. The molecule has 0 aliphatic carbocycles. The van der Waals surface area contributed by atoms with E-state index in [1.807, 2.05) is 6.92 Å². The molecular weight excluding hydrogens is 371 g/mol. The fourth-order valence-corrected chi connectivity index (χ4v) is 2.72. The summed E-state index contributed by atoms with van der Waals surface area (Å²) in [7, 11) is 1.24. The number of benzene rings is 1. The van der Waals surface area contributed by atoms with Crippen molar-refractivity contribution in [2.24, 2.45) is 0 Å². The van der Waals surface area contributed by atoms with E-state index in [1.165, 1.54) is 19.2 Å². The summed E-state index contributed by atoms with van der Waals surface area (Å²) in [4.78, 5) is 11.5. The van der Waals surface area contributed by atoms with Crippen LogP contribution >= 0.6 is 15.9 Å². The van der Waals surface area contributed by atoms with E-state index >= 15 is 0 Å². The Morgan fingerprint density at radius 1 is 1.48 bits per heavy atom. The fourth-order valence-electron chi connectivity index (χ4n) is 2.23. The highest BCUT2D eigenvalue weighted by molar-refractivity contribution is 9.10. The standard InChI is InChI=1S/C16H20BrFO5/c1-10(23-13-5-3-4-8-21-13)9-22-12-7-6-11(16(19)20-2)14(17)15(12)18/h6-7,10,13H,3-5,8-9H2,1-2H3/t10-,13?/m0/s1. The van der Waals surface area contributed by atoms with Crippen molar-refractivity contribution in [3.05, 3.63) is 28.0 Å². The Kier molecular flexibility index (Phi) is 6.80. The van der Waals surface area contributed by atoms with E-state index in [-0.39, 0.29) is 34.8 Å². The fraction of sp³-hybridized carbons (Fsp3) is 0.562. The molecule has 7 heteroatoms. The highest BCUT2D eigenvalue weighted by Crippen LogP contribution is 2.29. The van der Waals surface area contributed by atoms with Crippen LogP contribution in [0.4, 0.5) is 4.39 Å². The molecule has 1 aliphatic rings. The van der Waals surface area contributed by atoms with Gasteiger partial charge in [0, 0.05) is 6.61 Å². The quantitative estimate of drug-likeness (QED) is 0.693. The molecular formula is C16H20BrFO5. The molecule has 23 heavy (non-hydrogen) atoms. The lowest BCUT2D eigenvalue weighted by atomic mass is 10.2. The van der Waals surface area contributed by atoms with Gasteiger partial charge < -0.3 is 18.9 Å². The molecule has 2 atom stereocenters. The van der Waals surface area contributed by atoms with Gasteiger partial charge in [0.15, 0.2) is 17.9 Å². The number of carbonyl (C=O) groups is 1. The molecule has 1 fully saturated rings. The van der Waals surface area contributed by atoms with E-state index in [2.05, 4.69) is 20.7 Å². The first kappa shape index (κ1) is 18.2. The Hall–Kier alpha value is -1.18. The van der Waals surface area contributed by atoms with Crippen molar-refractivity contribution in [3.8, 4) is 5.75 Å². The predicted molar refractivity (Wildman–Crippen MR) is 85.1 cm³/mol. The molecule has 1 aromatic carbocycles. The van der Waals surface area contributed by atoms with Crippen LogP contribution in [0.5, 0.6) is 5.75 Å². The van der Waals surface area contributed by atoms with Crippen LogP contribution in [0.1, 0.15) is 36.5 Å². The Bertz CT molecular complexity index is 546. The number of carbonyl (C=O) groups excluding carboxylic acids is 1. The molecule has 0 N–H and O–H groups in total. The lowest BCUT2D eigenvalue weighted by Gasteiger charge is -2.26. The Morgan fingerprint density at radius 3 is 2.91 bits per heavy atom. The summed E-state index contributed by atoms with van der Waals surface area (Å²) in [6.45, 7) is 2.73. The number of rotatable bonds is 6. The zero-order valence-corrected chi connectivity index (χ0v) is 14.7. The molecule has 2 rings (SSSR count). The number of hydrogen-bond acceptors (Lipinski definition) is 5. The van der Waals surface area contributed by atoms with Crippen LogP contribution in [0, 0.1) is 5.82 Å². The summed E-state index contributed by atoms with van der Waals surface area (Å²) in [6.07, 6.45) is 2.53. The third-order valence-electron chi connectivity index (χ3n) is 3.45. The lowest BCUT2D eigenvalue weighted by Crippen LogP contribution is -2.29. The monoisotopic (exact) mass is 390 g/mol. The summed E-state index contributed by atoms with van der Waals surface area (Å²) >= 11 is 3.05. The van der Waals surface area contributed by atoms with Crippen molar-refractivity contribution in [3.63, 3.8) is 0 Å². The minimum Gasteiger partial charge on any atom is -0.488 e. The van der Waals surface area contributed by atoms with Gasteiger partial charge in [-0.3, -0.25) is 0 Å². The summed E-state index contributed by atoms with van der Waals surface area (Å²) in [6, 6.07) is 2.85. The Labute approximate surface area is 143 Å². The highest BCUT2D eigenvalue weighted by atomic mass is 79.9. The Balaban J connectivity index is 1.92. The second-order valence-electron chi connectivity index (χ2n) is 5.28. The number of methoxy groups -OCH3 is 1. The van der Waals surface area contributed by atoms with E-state index in [0.717, 1.165) is 19.3 Å². The van der Waals surface area contributed by atoms with Gasteiger partial charge in [-0.15, -0.1) is 0 Å². The molecule has 0 aromatic heterocycles. The molecule has 1 heterocycles. The van der Waals surface area contributed by atoms with Crippen molar-refractivity contribution < 1.29 is 28.1 Å². The molecule has 0 amide bonds. The van der Waals surface area contributed by atoms with Gasteiger partial charge in [0.05, 0.1) is 23.2 Å². The maximum absolute atomic E-state index is 14.2. The van der Waals surface area contributed by atoms with Crippen molar-refractivity contribution in [2.45, 2.75) is 38.6 Å². The average molecular weight is 391 g/mol. The third-order valence-corrected chi connectivity index (χ3v) is 4.22. The molecule has 1 unspecified atom stereocenters. The molecule has 128 valence electrons. The minimum absolute atomic E-state index is 0.0195. The summed E-state index contributed by atoms with van der Waals surface area (Å²) in [5, 5.41) is 0. The van der Waals surface area contributed by atoms with Gasteiger partial charge in [0.1, 0.15) is 6.61 Å². The normalized spacial score (nSPS) is 19.2. The number of hydrogen-bond donors (Lipinski definition) is 0. The maximum atomic E-state index is 14.2. The van der Waals surface area contributed by atoms with Gasteiger partial charge in [-0.1, -0.05) is 0 Å². The second kappa shape index (κ2) is 8.61. The molecule has 0 spiro atoms. The Morgan fingerprint density at radius 2 is 2.26 bits per heavy atom. The zero-order valence-electron chi connectivity index (χ0n) is 13.1. The molecule has 0 bridgehead atoms. The van der Waals surface area contributed by atoms with Gasteiger partial charge >= 0.3 is 5.97 Å². The number of ether oxygens (including phenoxy) is 4. The lowest BCUT2D eigenvalue weighted by molar-refractivity contribution is -0.189. The van der Waals surface area contributed by atoms with Crippen LogP contribution in [-0.2, 0) is 14.2 Å². The largest absolute Gasteiger partial charge is 0.488 e. The van der Waals surface area contributed by atoms with Gasteiger partial charge in [-0.25, -0.2) is 9.18 Å². The van der Waals surface area contributed by atoms with Crippen molar-refractivity contribution in [1.82, 2.24) is 0 Å². The molecule has 0 radical (unpaired) electrons. The first-order chi connectivity index (χ1) is 11.0. The van der Waals surface area contributed by atoms with Gasteiger partial charge in [0.25, 0.3) is 0 Å². The van der Waals surface area contributed by atoms with Crippen LogP contribution in [0.15, 0.2) is 16.6 Å². The van der Waals surface area contributed by atoms with E-state index in [0.29, 0.717) is 6.61 Å². The summed E-state index contributed by atoms with van der Waals surface area (Å²) in [5.41, 5.74) is 0.109. The van der Waals surface area contributed by atoms with E-state index in [4.69, 9.17) is 14.2 Å². The van der Waals surface area contributed by atoms with Crippen LogP contribution in [0.3, 0.4) is 0 Å². The van der Waals surface area contributed by atoms with Gasteiger partial charge in [0.2, 0.25) is 0 Å². The van der Waals surface area contributed by atoms with Gasteiger partial charge in [-0.05, 0) is 54.2 Å². The van der Waals surface area contributed by atoms with E-state index in [1.54, 1.807) is 0 Å². The van der Waals surface area contributed by atoms with Crippen LogP contribution in [0.2, 0.25) is 0 Å². The van der Waals surface area contributed by atoms with Crippen LogP contribution in [-0.4, -0.2) is 38.7 Å². The number of halogens is 2. The SMILES string of the molecule is COC(=O)c1ccc(OC[C@H](C)OC2CCCCO2)c(F)c1Br. The summed E-state index contributed by atoms with van der Waals surface area (Å²) < 4.78 is 35.5. The smallest absolute Gasteiger partial charge is 0.339 e. The zero-order chi connectivity index (χ0) is 16.8. The highest BCUT2D eigenvalue weighted by Gasteiger charge is 2.20. The third kappa shape index (κ3) is 4.89. The van der Waals surface area contributed by atoms with Gasteiger partial charge in [-0.2, -0.15) is 0 Å². The minimum atomic E-state index is -0.644. The van der Waals surface area contributed by atoms with E-state index < -0.39 is 11.8 Å². The van der Waals surface area contributed by atoms with Crippen molar-refractivity contribution in [1.29, 1.82) is 0 Å². The predicted octanol–water partition coefficient (Wildman–Crippen LogP) is 3.69. The number of esters is 1. The molecule has 1 saturated heterocycles. The van der Waals surface area contributed by atoms with Crippen molar-refractivity contribution >= 4 is 21.9 Å². The van der Waals surface area contributed by atoms with E-state index in [9.17, 15) is 9.18 Å². The first-order valence-electron chi connectivity index (χ1n) is 7.49. The topological polar surface area (TPSA) is 54.0 Å². The molecule has 0 saturated carbocycles. The van der Waals surface area contributed by atoms with Crippen molar-refractivity contribution in [2.75, 3.05) is 20.3 Å². The molecule has 1 aliphatic heterocycles. The molecule has 5 nitrogen and oxygen atoms in total. The second-order valence-corrected chi connectivity index (χ2v) is 6.08. The van der Waals surface area contributed by atoms with Crippen LogP contribution < -0.4 is 4.74 Å².